The van der Waals surface area contributed by atoms with Crippen LogP contribution in [0.5, 0.6) is 0 Å². The van der Waals surface area contributed by atoms with Crippen molar-refractivity contribution in [1.82, 2.24) is 4.31 Å². The van der Waals surface area contributed by atoms with Crippen LogP contribution in [0, 0.1) is 0 Å². The number of benzene rings is 1. The van der Waals surface area contributed by atoms with Gasteiger partial charge in [0.1, 0.15) is 6.04 Å². The topological polar surface area (TPSA) is 66.5 Å². The Morgan fingerprint density at radius 3 is 2.43 bits per heavy atom. The summed E-state index contributed by atoms with van der Waals surface area (Å²) in [5, 5.41) is 2.81. The first-order valence-electron chi connectivity index (χ1n) is 7.16. The van der Waals surface area contributed by atoms with Crippen molar-refractivity contribution in [3.8, 4) is 0 Å². The van der Waals surface area contributed by atoms with Gasteiger partial charge in [-0.05, 0) is 36.5 Å². The zero-order valence-corrected chi connectivity index (χ0v) is 13.5. The van der Waals surface area contributed by atoms with Gasteiger partial charge in [-0.1, -0.05) is 26.0 Å². The van der Waals surface area contributed by atoms with Gasteiger partial charge in [-0.25, -0.2) is 8.42 Å². The van der Waals surface area contributed by atoms with Crippen LogP contribution < -0.4 is 5.32 Å². The largest absolute Gasteiger partial charge is 0.325 e. The molecule has 0 radical (unpaired) electrons. The fourth-order valence-corrected chi connectivity index (χ4v) is 3.70. The number of nitrogens with zero attached hydrogens (tertiary/aromatic N) is 1. The van der Waals surface area contributed by atoms with Crippen molar-refractivity contribution >= 4 is 21.6 Å². The molecule has 1 aliphatic heterocycles. The van der Waals surface area contributed by atoms with Gasteiger partial charge in [0.2, 0.25) is 15.9 Å². The van der Waals surface area contributed by atoms with Crippen molar-refractivity contribution in [3.05, 3.63) is 29.8 Å². The number of hydrogen-bond acceptors (Lipinski definition) is 3. The Bertz CT molecular complexity index is 608. The quantitative estimate of drug-likeness (QED) is 0.927. The number of nitrogens with one attached hydrogen (secondary N) is 1. The Kier molecular flexibility index (Phi) is 4.68. The second kappa shape index (κ2) is 6.15. The highest BCUT2D eigenvalue weighted by Gasteiger charge is 2.36. The van der Waals surface area contributed by atoms with Gasteiger partial charge in [-0.3, -0.25) is 4.79 Å². The first-order chi connectivity index (χ1) is 9.79. The van der Waals surface area contributed by atoms with E-state index < -0.39 is 16.1 Å². The monoisotopic (exact) mass is 310 g/mol. The summed E-state index contributed by atoms with van der Waals surface area (Å²) in [5.41, 5.74) is 1.90. The molecule has 0 spiro atoms. The Balaban J connectivity index is 2.07. The lowest BCUT2D eigenvalue weighted by Gasteiger charge is -2.21. The van der Waals surface area contributed by atoms with Gasteiger partial charge in [0.05, 0.1) is 6.26 Å². The highest BCUT2D eigenvalue weighted by atomic mass is 32.2. The molecule has 1 amide bonds. The molecule has 1 saturated heterocycles. The standard InChI is InChI=1S/C15H22N2O3S/c1-11(2)12-6-8-13(9-7-12)16-15(18)14-5-4-10-17(14)21(3,19)20/h6-9,11,14H,4-5,10H2,1-3H3,(H,16,18). The molecular formula is C15H22N2O3S. The number of carbonyl (C=O) groups excluding carboxylic acids is 1. The van der Waals surface area contributed by atoms with E-state index in [1.807, 2.05) is 24.3 Å². The van der Waals surface area contributed by atoms with E-state index in [0.29, 0.717) is 24.6 Å². The zero-order chi connectivity index (χ0) is 15.6. The number of sulfonamides is 1. The Morgan fingerprint density at radius 1 is 1.29 bits per heavy atom. The van der Waals surface area contributed by atoms with E-state index in [9.17, 15) is 13.2 Å². The third kappa shape index (κ3) is 3.83. The van der Waals surface area contributed by atoms with Crippen LogP contribution in [0.2, 0.25) is 0 Å². The molecule has 1 aromatic rings. The van der Waals surface area contributed by atoms with E-state index in [0.717, 1.165) is 12.7 Å². The summed E-state index contributed by atoms with van der Waals surface area (Å²) in [6.07, 6.45) is 2.44. The molecule has 6 heteroatoms. The minimum absolute atomic E-state index is 0.254. The molecule has 1 atom stereocenters. The van der Waals surface area contributed by atoms with Crippen molar-refractivity contribution < 1.29 is 13.2 Å². The number of amides is 1. The maximum Gasteiger partial charge on any atom is 0.242 e. The fraction of sp³-hybridized carbons (Fsp3) is 0.533. The average Bonchev–Trinajstić information content (AvgIpc) is 2.88. The molecule has 0 saturated carbocycles. The van der Waals surface area contributed by atoms with Crippen molar-refractivity contribution in [1.29, 1.82) is 0 Å². The van der Waals surface area contributed by atoms with Crippen LogP contribution in [-0.4, -0.2) is 37.5 Å². The number of hydrogen-bond donors (Lipinski definition) is 1. The van der Waals surface area contributed by atoms with Crippen molar-refractivity contribution in [2.24, 2.45) is 0 Å². The maximum absolute atomic E-state index is 12.3. The lowest BCUT2D eigenvalue weighted by Crippen LogP contribution is -2.42. The molecule has 1 fully saturated rings. The molecule has 0 aliphatic carbocycles. The lowest BCUT2D eigenvalue weighted by atomic mass is 10.0. The third-order valence-corrected chi connectivity index (χ3v) is 5.07. The molecule has 1 N–H and O–H groups in total. The van der Waals surface area contributed by atoms with Gasteiger partial charge < -0.3 is 5.32 Å². The van der Waals surface area contributed by atoms with Crippen LogP contribution in [0.1, 0.15) is 38.2 Å². The first-order valence-corrected chi connectivity index (χ1v) is 9.01. The van der Waals surface area contributed by atoms with Gasteiger partial charge in [0, 0.05) is 12.2 Å². The summed E-state index contributed by atoms with van der Waals surface area (Å²) >= 11 is 0. The summed E-state index contributed by atoms with van der Waals surface area (Å²) in [4.78, 5) is 12.3. The molecular weight excluding hydrogens is 288 g/mol. The summed E-state index contributed by atoms with van der Waals surface area (Å²) < 4.78 is 24.6. The minimum Gasteiger partial charge on any atom is -0.325 e. The van der Waals surface area contributed by atoms with Crippen LogP contribution >= 0.6 is 0 Å². The van der Waals surface area contributed by atoms with Gasteiger partial charge in [0.15, 0.2) is 0 Å². The number of rotatable bonds is 4. The lowest BCUT2D eigenvalue weighted by molar-refractivity contribution is -0.119. The minimum atomic E-state index is -3.33. The van der Waals surface area contributed by atoms with E-state index in [-0.39, 0.29) is 5.91 Å². The predicted molar refractivity (Wildman–Crippen MR) is 83.7 cm³/mol. The SMILES string of the molecule is CC(C)c1ccc(NC(=O)C2CCCN2S(C)(=O)=O)cc1. The van der Waals surface area contributed by atoms with E-state index in [2.05, 4.69) is 19.2 Å². The number of anilines is 1. The smallest absolute Gasteiger partial charge is 0.242 e. The van der Waals surface area contributed by atoms with Crippen LogP contribution in [0.3, 0.4) is 0 Å². The van der Waals surface area contributed by atoms with Gasteiger partial charge in [-0.15, -0.1) is 0 Å². The Hall–Kier alpha value is -1.40. The maximum atomic E-state index is 12.3. The summed E-state index contributed by atoms with van der Waals surface area (Å²) in [5.74, 6) is 0.181. The van der Waals surface area contributed by atoms with E-state index in [1.165, 1.54) is 9.87 Å². The molecule has 21 heavy (non-hydrogen) atoms. The fourth-order valence-electron chi connectivity index (χ4n) is 2.58. The highest BCUT2D eigenvalue weighted by molar-refractivity contribution is 7.88. The normalized spacial score (nSPS) is 19.9. The second-order valence-corrected chi connectivity index (χ2v) is 7.73. The summed E-state index contributed by atoms with van der Waals surface area (Å²) in [6.45, 7) is 4.63. The van der Waals surface area contributed by atoms with E-state index >= 15 is 0 Å². The Morgan fingerprint density at radius 2 is 1.90 bits per heavy atom. The molecule has 1 aromatic carbocycles. The van der Waals surface area contributed by atoms with Gasteiger partial charge in [0.25, 0.3) is 0 Å². The molecule has 1 heterocycles. The molecule has 116 valence electrons. The van der Waals surface area contributed by atoms with Crippen LogP contribution in [-0.2, 0) is 14.8 Å². The second-order valence-electron chi connectivity index (χ2n) is 5.80. The third-order valence-electron chi connectivity index (χ3n) is 3.78. The van der Waals surface area contributed by atoms with Crippen molar-refractivity contribution in [2.75, 3.05) is 18.1 Å². The summed E-state index contributed by atoms with van der Waals surface area (Å²) in [7, 11) is -3.33. The summed E-state index contributed by atoms with van der Waals surface area (Å²) in [6, 6.07) is 7.07. The Labute approximate surface area is 126 Å². The van der Waals surface area contributed by atoms with Crippen LogP contribution in [0.15, 0.2) is 24.3 Å². The molecule has 5 nitrogen and oxygen atoms in total. The molecule has 1 unspecified atom stereocenters. The van der Waals surface area contributed by atoms with Crippen LogP contribution in [0.4, 0.5) is 5.69 Å². The van der Waals surface area contributed by atoms with Crippen molar-refractivity contribution in [3.63, 3.8) is 0 Å². The van der Waals surface area contributed by atoms with Crippen molar-refractivity contribution in [2.45, 2.75) is 38.6 Å². The van der Waals surface area contributed by atoms with E-state index in [4.69, 9.17) is 0 Å². The molecule has 0 bridgehead atoms. The highest BCUT2D eigenvalue weighted by Crippen LogP contribution is 2.22. The number of carbonyl (C=O) groups is 1. The van der Waals surface area contributed by atoms with Crippen LogP contribution in [0.25, 0.3) is 0 Å². The molecule has 1 aliphatic rings. The molecule has 2 rings (SSSR count). The predicted octanol–water partition coefficient (Wildman–Crippen LogP) is 2.17. The molecule has 0 aromatic heterocycles. The van der Waals surface area contributed by atoms with Gasteiger partial charge in [-0.2, -0.15) is 4.31 Å². The first kappa shape index (κ1) is 16.0. The van der Waals surface area contributed by atoms with E-state index in [1.54, 1.807) is 0 Å². The average molecular weight is 310 g/mol. The zero-order valence-electron chi connectivity index (χ0n) is 12.7. The van der Waals surface area contributed by atoms with Gasteiger partial charge >= 0.3 is 0 Å².